The zero-order chi connectivity index (χ0) is 18.1. The van der Waals surface area contributed by atoms with E-state index < -0.39 is 0 Å². The first kappa shape index (κ1) is 16.3. The summed E-state index contributed by atoms with van der Waals surface area (Å²) in [6.45, 7) is 4.86. The third kappa shape index (κ3) is 2.94. The molecule has 0 bridgehead atoms. The predicted molar refractivity (Wildman–Crippen MR) is 105 cm³/mol. The topological polar surface area (TPSA) is 45.2 Å². The molecule has 4 rings (SSSR count). The van der Waals surface area contributed by atoms with Crippen molar-refractivity contribution in [3.63, 3.8) is 0 Å². The van der Waals surface area contributed by atoms with Gasteiger partial charge in [0, 0.05) is 17.9 Å². The zero-order valence-electron chi connectivity index (χ0n) is 15.0. The summed E-state index contributed by atoms with van der Waals surface area (Å²) in [6, 6.07) is 18.0. The normalized spacial score (nSPS) is 12.8. The molecule has 3 aromatic rings. The van der Waals surface area contributed by atoms with Crippen LogP contribution in [0.1, 0.15) is 27.2 Å². The largest absolute Gasteiger partial charge is 0.354 e. The summed E-state index contributed by atoms with van der Waals surface area (Å²) in [5.41, 5.74) is 7.00. The molecule has 1 N–H and O–H groups in total. The fourth-order valence-corrected chi connectivity index (χ4v) is 3.44. The van der Waals surface area contributed by atoms with E-state index in [0.29, 0.717) is 12.2 Å². The maximum atomic E-state index is 12.8. The highest BCUT2D eigenvalue weighted by atomic mass is 16.2. The number of anilines is 3. The van der Waals surface area contributed by atoms with E-state index >= 15 is 0 Å². The standard InChI is InChI=1S/C22H21N3O/c1-15-6-5-7-16(2)21(15)24-18-10-11-19(23-14-18)22(26)25-13-12-17-8-3-4-9-20(17)25/h3-11,14,24H,12-13H2,1-2H3. The van der Waals surface area contributed by atoms with Gasteiger partial charge in [-0.25, -0.2) is 4.98 Å². The fraction of sp³-hybridized carbons (Fsp3) is 0.182. The SMILES string of the molecule is Cc1cccc(C)c1Nc1ccc(C(=O)N2CCc3ccccc32)nc1. The van der Waals surface area contributed by atoms with Crippen LogP contribution >= 0.6 is 0 Å². The lowest BCUT2D eigenvalue weighted by molar-refractivity contribution is 0.0984. The van der Waals surface area contributed by atoms with Crippen molar-refractivity contribution < 1.29 is 4.79 Å². The molecule has 0 aliphatic carbocycles. The van der Waals surface area contributed by atoms with Gasteiger partial charge in [-0.1, -0.05) is 36.4 Å². The Morgan fingerprint density at radius 3 is 2.50 bits per heavy atom. The second-order valence-electron chi connectivity index (χ2n) is 6.66. The van der Waals surface area contributed by atoms with Gasteiger partial charge >= 0.3 is 0 Å². The maximum Gasteiger partial charge on any atom is 0.276 e. The average molecular weight is 343 g/mol. The predicted octanol–water partition coefficient (Wildman–Crippen LogP) is 4.64. The molecule has 1 aliphatic heterocycles. The van der Waals surface area contributed by atoms with Crippen LogP contribution in [0.15, 0.2) is 60.8 Å². The minimum Gasteiger partial charge on any atom is -0.354 e. The molecule has 0 saturated heterocycles. The van der Waals surface area contributed by atoms with Crippen molar-refractivity contribution in [2.75, 3.05) is 16.8 Å². The van der Waals surface area contributed by atoms with Crippen LogP contribution in [-0.2, 0) is 6.42 Å². The molecule has 1 aliphatic rings. The molecule has 1 aromatic heterocycles. The molecule has 1 amide bonds. The summed E-state index contributed by atoms with van der Waals surface area (Å²) in [5, 5.41) is 3.40. The number of aromatic nitrogens is 1. The van der Waals surface area contributed by atoms with E-state index in [0.717, 1.165) is 23.5 Å². The van der Waals surface area contributed by atoms with Gasteiger partial charge in [-0.05, 0) is 55.2 Å². The molecule has 26 heavy (non-hydrogen) atoms. The molecule has 2 heterocycles. The van der Waals surface area contributed by atoms with Crippen molar-refractivity contribution in [2.24, 2.45) is 0 Å². The van der Waals surface area contributed by atoms with Gasteiger partial charge in [0.1, 0.15) is 5.69 Å². The summed E-state index contributed by atoms with van der Waals surface area (Å²) in [5.74, 6) is -0.0476. The molecule has 4 nitrogen and oxygen atoms in total. The van der Waals surface area contributed by atoms with Crippen molar-refractivity contribution in [2.45, 2.75) is 20.3 Å². The number of carbonyl (C=O) groups excluding carboxylic acids is 1. The molecule has 2 aromatic carbocycles. The monoisotopic (exact) mass is 343 g/mol. The van der Waals surface area contributed by atoms with Crippen LogP contribution in [0, 0.1) is 13.8 Å². The summed E-state index contributed by atoms with van der Waals surface area (Å²) in [4.78, 5) is 19.0. The second kappa shape index (κ2) is 6.64. The summed E-state index contributed by atoms with van der Waals surface area (Å²) < 4.78 is 0. The minimum atomic E-state index is -0.0476. The Kier molecular flexibility index (Phi) is 4.17. The lowest BCUT2D eigenvalue weighted by atomic mass is 10.1. The van der Waals surface area contributed by atoms with Gasteiger partial charge in [-0.15, -0.1) is 0 Å². The molecule has 0 fully saturated rings. The van der Waals surface area contributed by atoms with Crippen LogP contribution < -0.4 is 10.2 Å². The van der Waals surface area contributed by atoms with Gasteiger partial charge in [0.05, 0.1) is 11.9 Å². The van der Waals surface area contributed by atoms with Crippen molar-refractivity contribution in [3.8, 4) is 0 Å². The van der Waals surface area contributed by atoms with Gasteiger partial charge in [-0.3, -0.25) is 4.79 Å². The van der Waals surface area contributed by atoms with Gasteiger partial charge in [0.15, 0.2) is 0 Å². The van der Waals surface area contributed by atoms with Crippen LogP contribution in [0.5, 0.6) is 0 Å². The van der Waals surface area contributed by atoms with Gasteiger partial charge in [0.25, 0.3) is 5.91 Å². The lowest BCUT2D eigenvalue weighted by Gasteiger charge is -2.17. The smallest absolute Gasteiger partial charge is 0.276 e. The van der Waals surface area contributed by atoms with Gasteiger partial charge < -0.3 is 10.2 Å². The number of pyridine rings is 1. The molecular weight excluding hydrogens is 322 g/mol. The lowest BCUT2D eigenvalue weighted by Crippen LogP contribution is -2.29. The first-order valence-corrected chi connectivity index (χ1v) is 8.82. The number of rotatable bonds is 3. The molecule has 0 atom stereocenters. The van der Waals surface area contributed by atoms with Crippen LogP contribution in [0.2, 0.25) is 0 Å². The molecule has 130 valence electrons. The van der Waals surface area contributed by atoms with Gasteiger partial charge in [0.2, 0.25) is 0 Å². The van der Waals surface area contributed by atoms with Crippen LogP contribution in [0.25, 0.3) is 0 Å². The number of carbonyl (C=O) groups is 1. The third-order valence-electron chi connectivity index (χ3n) is 4.87. The number of fused-ring (bicyclic) bond motifs is 1. The number of hydrogen-bond donors (Lipinski definition) is 1. The highest BCUT2D eigenvalue weighted by Crippen LogP contribution is 2.29. The van der Waals surface area contributed by atoms with E-state index in [1.165, 1.54) is 16.7 Å². The Morgan fingerprint density at radius 1 is 1.00 bits per heavy atom. The number of aryl methyl sites for hydroxylation is 2. The van der Waals surface area contributed by atoms with E-state index in [1.807, 2.05) is 35.2 Å². The van der Waals surface area contributed by atoms with Gasteiger partial charge in [-0.2, -0.15) is 0 Å². The van der Waals surface area contributed by atoms with Crippen molar-refractivity contribution >= 4 is 23.0 Å². The molecule has 0 spiro atoms. The third-order valence-corrected chi connectivity index (χ3v) is 4.87. The van der Waals surface area contributed by atoms with E-state index in [-0.39, 0.29) is 5.91 Å². The first-order valence-electron chi connectivity index (χ1n) is 8.82. The number of hydrogen-bond acceptors (Lipinski definition) is 3. The average Bonchev–Trinajstić information content (AvgIpc) is 3.09. The van der Waals surface area contributed by atoms with E-state index in [2.05, 4.69) is 42.3 Å². The van der Waals surface area contributed by atoms with Crippen LogP contribution in [0.3, 0.4) is 0 Å². The van der Waals surface area contributed by atoms with Crippen LogP contribution in [-0.4, -0.2) is 17.4 Å². The minimum absolute atomic E-state index is 0.0476. The van der Waals surface area contributed by atoms with E-state index in [1.54, 1.807) is 12.3 Å². The second-order valence-corrected chi connectivity index (χ2v) is 6.66. The van der Waals surface area contributed by atoms with Crippen molar-refractivity contribution in [1.29, 1.82) is 0 Å². The molecular formula is C22H21N3O. The Hall–Kier alpha value is -3.14. The number of benzene rings is 2. The molecule has 0 unspecified atom stereocenters. The Morgan fingerprint density at radius 2 is 1.77 bits per heavy atom. The number of amides is 1. The number of nitrogens with one attached hydrogen (secondary N) is 1. The zero-order valence-corrected chi connectivity index (χ0v) is 15.0. The summed E-state index contributed by atoms with van der Waals surface area (Å²) >= 11 is 0. The quantitative estimate of drug-likeness (QED) is 0.753. The highest BCUT2D eigenvalue weighted by molar-refractivity contribution is 6.06. The van der Waals surface area contributed by atoms with Crippen LogP contribution in [0.4, 0.5) is 17.1 Å². The Bertz CT molecular complexity index is 943. The Balaban J connectivity index is 1.54. The molecule has 0 radical (unpaired) electrons. The highest BCUT2D eigenvalue weighted by Gasteiger charge is 2.25. The van der Waals surface area contributed by atoms with E-state index in [4.69, 9.17) is 0 Å². The molecule has 4 heteroatoms. The number of para-hydroxylation sites is 2. The fourth-order valence-electron chi connectivity index (χ4n) is 3.44. The summed E-state index contributed by atoms with van der Waals surface area (Å²) in [6.07, 6.45) is 2.62. The summed E-state index contributed by atoms with van der Waals surface area (Å²) in [7, 11) is 0. The van der Waals surface area contributed by atoms with Crippen molar-refractivity contribution in [3.05, 3.63) is 83.2 Å². The van der Waals surface area contributed by atoms with Crippen molar-refractivity contribution in [1.82, 2.24) is 4.98 Å². The van der Waals surface area contributed by atoms with E-state index in [9.17, 15) is 4.79 Å². The number of nitrogens with zero attached hydrogens (tertiary/aromatic N) is 2. The molecule has 0 saturated carbocycles. The maximum absolute atomic E-state index is 12.8. The Labute approximate surface area is 153 Å². The first-order chi connectivity index (χ1) is 12.6.